The van der Waals surface area contributed by atoms with Crippen molar-refractivity contribution in [3.8, 4) is 0 Å². The largest absolute Gasteiger partial charge is 0.459 e. The third-order valence-corrected chi connectivity index (χ3v) is 2.95. The molecule has 2 rings (SSSR count). The van der Waals surface area contributed by atoms with Crippen LogP contribution in [0.1, 0.15) is 35.2 Å². The first-order valence-electron chi connectivity index (χ1n) is 5.34. The lowest BCUT2D eigenvalue weighted by atomic mass is 9.96. The second kappa shape index (κ2) is 4.12. The number of nitrogens with two attached hydrogens (primary N) is 1. The highest BCUT2D eigenvalue weighted by Crippen LogP contribution is 2.24. The number of esters is 1. The Morgan fingerprint density at radius 2 is 2.19 bits per heavy atom. The molecule has 1 aliphatic rings. The Balaban J connectivity index is 2.16. The second-order valence-electron chi connectivity index (χ2n) is 4.13. The maximum absolute atomic E-state index is 13.3. The summed E-state index contributed by atoms with van der Waals surface area (Å²) in [5.41, 5.74) is 6.42. The van der Waals surface area contributed by atoms with E-state index in [1.165, 1.54) is 12.1 Å². The highest BCUT2D eigenvalue weighted by Gasteiger charge is 2.23. The van der Waals surface area contributed by atoms with E-state index in [0.717, 1.165) is 19.3 Å². The molecule has 0 aliphatic heterocycles. The fourth-order valence-electron chi connectivity index (χ4n) is 1.53. The van der Waals surface area contributed by atoms with Crippen molar-refractivity contribution in [3.63, 3.8) is 0 Å². The normalized spacial score (nSPS) is 15.6. The zero-order valence-corrected chi connectivity index (χ0v) is 9.13. The molecular formula is C12H14FNO2. The first-order valence-corrected chi connectivity index (χ1v) is 5.34. The minimum Gasteiger partial charge on any atom is -0.459 e. The Labute approximate surface area is 93.4 Å². The Kier molecular flexibility index (Phi) is 2.81. The lowest BCUT2D eigenvalue weighted by molar-refractivity contribution is 0.00897. The number of hydrogen-bond acceptors (Lipinski definition) is 3. The molecule has 4 heteroatoms. The molecule has 0 aromatic heterocycles. The summed E-state index contributed by atoms with van der Waals surface area (Å²) in [5.74, 6) is -0.962. The van der Waals surface area contributed by atoms with E-state index in [1.807, 2.05) is 0 Å². The lowest BCUT2D eigenvalue weighted by Gasteiger charge is -2.25. The van der Waals surface area contributed by atoms with Gasteiger partial charge in [-0.25, -0.2) is 9.18 Å². The van der Waals surface area contributed by atoms with Gasteiger partial charge in [-0.05, 0) is 38.3 Å². The maximum Gasteiger partial charge on any atom is 0.338 e. The van der Waals surface area contributed by atoms with Crippen LogP contribution in [0.15, 0.2) is 12.1 Å². The number of hydrogen-bond donors (Lipinski definition) is 1. The quantitative estimate of drug-likeness (QED) is 0.618. The summed E-state index contributed by atoms with van der Waals surface area (Å²) in [6.07, 6.45) is 2.88. The summed E-state index contributed by atoms with van der Waals surface area (Å²) in [7, 11) is 0. The van der Waals surface area contributed by atoms with Crippen molar-refractivity contribution in [2.24, 2.45) is 0 Å². The second-order valence-corrected chi connectivity index (χ2v) is 4.13. The Bertz CT molecular complexity index is 404. The fourth-order valence-corrected chi connectivity index (χ4v) is 1.53. The van der Waals surface area contributed by atoms with Gasteiger partial charge in [0.2, 0.25) is 0 Å². The molecule has 2 N–H and O–H groups in total. The molecule has 16 heavy (non-hydrogen) atoms. The van der Waals surface area contributed by atoms with E-state index in [0.29, 0.717) is 5.56 Å². The average Bonchev–Trinajstić information content (AvgIpc) is 2.19. The van der Waals surface area contributed by atoms with Gasteiger partial charge in [-0.15, -0.1) is 0 Å². The van der Waals surface area contributed by atoms with Crippen molar-refractivity contribution < 1.29 is 13.9 Å². The summed E-state index contributed by atoms with van der Waals surface area (Å²) in [5, 5.41) is 0. The van der Waals surface area contributed by atoms with Gasteiger partial charge in [0.25, 0.3) is 0 Å². The summed E-state index contributed by atoms with van der Waals surface area (Å²) < 4.78 is 18.5. The average molecular weight is 223 g/mol. The Morgan fingerprint density at radius 1 is 1.50 bits per heavy atom. The highest BCUT2D eigenvalue weighted by molar-refractivity contribution is 5.90. The molecule has 0 heterocycles. The summed E-state index contributed by atoms with van der Waals surface area (Å²) in [6.45, 7) is 1.58. The molecule has 0 bridgehead atoms. The molecule has 0 radical (unpaired) electrons. The SMILES string of the molecule is Cc1c(N)cc(C(=O)OC2CCC2)cc1F. The van der Waals surface area contributed by atoms with Gasteiger partial charge >= 0.3 is 5.97 Å². The standard InChI is InChI=1S/C12H14FNO2/c1-7-10(13)5-8(6-11(7)14)12(15)16-9-3-2-4-9/h5-6,9H,2-4,14H2,1H3. The van der Waals surface area contributed by atoms with Gasteiger partial charge in [0.1, 0.15) is 11.9 Å². The van der Waals surface area contributed by atoms with Crippen LogP contribution in [-0.2, 0) is 4.74 Å². The molecular weight excluding hydrogens is 209 g/mol. The third kappa shape index (κ3) is 2.01. The van der Waals surface area contributed by atoms with Gasteiger partial charge in [0.15, 0.2) is 0 Å². The summed E-state index contributed by atoms with van der Waals surface area (Å²) in [4.78, 5) is 11.6. The smallest absolute Gasteiger partial charge is 0.338 e. The van der Waals surface area contributed by atoms with Crippen LogP contribution in [0.5, 0.6) is 0 Å². The highest BCUT2D eigenvalue weighted by atomic mass is 19.1. The molecule has 0 spiro atoms. The maximum atomic E-state index is 13.3. The van der Waals surface area contributed by atoms with E-state index in [4.69, 9.17) is 10.5 Å². The summed E-state index contributed by atoms with van der Waals surface area (Å²) in [6, 6.07) is 2.63. The molecule has 3 nitrogen and oxygen atoms in total. The van der Waals surface area contributed by atoms with Crippen LogP contribution < -0.4 is 5.73 Å². The van der Waals surface area contributed by atoms with Crippen LogP contribution in [0.25, 0.3) is 0 Å². The van der Waals surface area contributed by atoms with E-state index >= 15 is 0 Å². The number of ether oxygens (including phenoxy) is 1. The van der Waals surface area contributed by atoms with Gasteiger partial charge in [0, 0.05) is 11.3 Å². The molecule has 1 aromatic carbocycles. The van der Waals surface area contributed by atoms with Crippen molar-refractivity contribution in [2.75, 3.05) is 5.73 Å². The third-order valence-electron chi connectivity index (χ3n) is 2.95. The first-order chi connectivity index (χ1) is 7.58. The van der Waals surface area contributed by atoms with Crippen LogP contribution in [-0.4, -0.2) is 12.1 Å². The van der Waals surface area contributed by atoms with Crippen LogP contribution in [0.2, 0.25) is 0 Å². The number of anilines is 1. The number of carbonyl (C=O) groups excluding carboxylic acids is 1. The zero-order valence-electron chi connectivity index (χ0n) is 9.13. The molecule has 86 valence electrons. The number of carbonyl (C=O) groups is 1. The first kappa shape index (κ1) is 10.9. The van der Waals surface area contributed by atoms with Gasteiger partial charge in [-0.1, -0.05) is 0 Å². The predicted molar refractivity (Wildman–Crippen MR) is 58.6 cm³/mol. The molecule has 1 saturated carbocycles. The summed E-state index contributed by atoms with van der Waals surface area (Å²) >= 11 is 0. The Morgan fingerprint density at radius 3 is 2.69 bits per heavy atom. The van der Waals surface area contributed by atoms with Crippen molar-refractivity contribution in [2.45, 2.75) is 32.3 Å². The van der Waals surface area contributed by atoms with E-state index in [1.54, 1.807) is 6.92 Å². The van der Waals surface area contributed by atoms with Crippen LogP contribution >= 0.6 is 0 Å². The lowest BCUT2D eigenvalue weighted by Crippen LogP contribution is -2.25. The molecule has 0 atom stereocenters. The minimum absolute atomic E-state index is 0.00177. The van der Waals surface area contributed by atoms with Gasteiger partial charge < -0.3 is 10.5 Å². The number of benzene rings is 1. The minimum atomic E-state index is -0.490. The van der Waals surface area contributed by atoms with Crippen LogP contribution in [0.3, 0.4) is 0 Å². The molecule has 1 fully saturated rings. The Hall–Kier alpha value is -1.58. The number of nitrogen functional groups attached to an aromatic ring is 1. The van der Waals surface area contributed by atoms with E-state index in [2.05, 4.69) is 0 Å². The number of rotatable bonds is 2. The van der Waals surface area contributed by atoms with Crippen molar-refractivity contribution in [1.29, 1.82) is 0 Å². The predicted octanol–water partition coefficient (Wildman–Crippen LogP) is 2.43. The van der Waals surface area contributed by atoms with E-state index in [9.17, 15) is 9.18 Å². The molecule has 1 aliphatic carbocycles. The van der Waals surface area contributed by atoms with Crippen molar-refractivity contribution in [1.82, 2.24) is 0 Å². The molecule has 0 unspecified atom stereocenters. The van der Waals surface area contributed by atoms with Gasteiger partial charge in [0.05, 0.1) is 5.56 Å². The van der Waals surface area contributed by atoms with E-state index in [-0.39, 0.29) is 17.4 Å². The van der Waals surface area contributed by atoms with Gasteiger partial charge in [-0.3, -0.25) is 0 Å². The molecule has 0 saturated heterocycles. The topological polar surface area (TPSA) is 52.3 Å². The molecule has 1 aromatic rings. The zero-order chi connectivity index (χ0) is 11.7. The van der Waals surface area contributed by atoms with Crippen LogP contribution in [0, 0.1) is 12.7 Å². The van der Waals surface area contributed by atoms with Crippen LogP contribution in [0.4, 0.5) is 10.1 Å². The monoisotopic (exact) mass is 223 g/mol. The number of halogens is 1. The van der Waals surface area contributed by atoms with E-state index < -0.39 is 11.8 Å². The van der Waals surface area contributed by atoms with Crippen molar-refractivity contribution in [3.05, 3.63) is 29.1 Å². The fraction of sp³-hybridized carbons (Fsp3) is 0.417. The van der Waals surface area contributed by atoms with Gasteiger partial charge in [-0.2, -0.15) is 0 Å². The van der Waals surface area contributed by atoms with Crippen molar-refractivity contribution >= 4 is 11.7 Å². The molecule has 0 amide bonds.